The SMILES string of the molecule is CN[C@H](C(=O)N[C@@H](C)CCC(C)=O)C(C)C. The zero-order valence-corrected chi connectivity index (χ0v) is 11.0. The lowest BCUT2D eigenvalue weighted by molar-refractivity contribution is -0.125. The molecule has 0 radical (unpaired) electrons. The van der Waals surface area contributed by atoms with Gasteiger partial charge in [0, 0.05) is 12.5 Å². The fourth-order valence-corrected chi connectivity index (χ4v) is 1.59. The number of carbonyl (C=O) groups excluding carboxylic acids is 2. The number of ketones is 1. The van der Waals surface area contributed by atoms with Gasteiger partial charge in [-0.3, -0.25) is 4.79 Å². The van der Waals surface area contributed by atoms with Crippen molar-refractivity contribution in [2.75, 3.05) is 7.05 Å². The quantitative estimate of drug-likeness (QED) is 0.686. The van der Waals surface area contributed by atoms with E-state index in [1.807, 2.05) is 20.8 Å². The number of amides is 1. The van der Waals surface area contributed by atoms with Crippen molar-refractivity contribution < 1.29 is 9.59 Å². The highest BCUT2D eigenvalue weighted by Crippen LogP contribution is 2.03. The maximum atomic E-state index is 11.8. The Morgan fingerprint density at radius 3 is 2.12 bits per heavy atom. The van der Waals surface area contributed by atoms with Gasteiger partial charge in [-0.15, -0.1) is 0 Å². The third-order valence-electron chi connectivity index (χ3n) is 2.58. The highest BCUT2D eigenvalue weighted by molar-refractivity contribution is 5.82. The average Bonchev–Trinajstić information content (AvgIpc) is 2.15. The zero-order valence-electron chi connectivity index (χ0n) is 11.0. The summed E-state index contributed by atoms with van der Waals surface area (Å²) in [4.78, 5) is 22.6. The standard InChI is InChI=1S/C12H24N2O2/c1-8(2)11(13-5)12(16)14-9(3)6-7-10(4)15/h8-9,11,13H,6-7H2,1-5H3,(H,14,16)/t9-,11-/m0/s1. The molecule has 0 saturated heterocycles. The van der Waals surface area contributed by atoms with Gasteiger partial charge in [0.2, 0.25) is 5.91 Å². The van der Waals surface area contributed by atoms with Crippen molar-refractivity contribution in [2.45, 2.75) is 52.6 Å². The molecule has 0 unspecified atom stereocenters. The monoisotopic (exact) mass is 228 g/mol. The van der Waals surface area contributed by atoms with Gasteiger partial charge in [0.25, 0.3) is 0 Å². The molecule has 0 aliphatic carbocycles. The maximum absolute atomic E-state index is 11.8. The molecule has 94 valence electrons. The molecule has 4 heteroatoms. The fourth-order valence-electron chi connectivity index (χ4n) is 1.59. The summed E-state index contributed by atoms with van der Waals surface area (Å²) in [6.45, 7) is 7.49. The van der Waals surface area contributed by atoms with Crippen LogP contribution in [0.5, 0.6) is 0 Å². The number of rotatable bonds is 7. The van der Waals surface area contributed by atoms with Crippen LogP contribution in [0.4, 0.5) is 0 Å². The van der Waals surface area contributed by atoms with Gasteiger partial charge in [-0.05, 0) is 33.2 Å². The van der Waals surface area contributed by atoms with Crippen LogP contribution >= 0.6 is 0 Å². The Morgan fingerprint density at radius 1 is 1.19 bits per heavy atom. The van der Waals surface area contributed by atoms with Crippen molar-refractivity contribution in [1.82, 2.24) is 10.6 Å². The smallest absolute Gasteiger partial charge is 0.237 e. The Hall–Kier alpha value is -0.900. The number of hydrogen-bond acceptors (Lipinski definition) is 3. The van der Waals surface area contributed by atoms with Crippen molar-refractivity contribution in [2.24, 2.45) is 5.92 Å². The van der Waals surface area contributed by atoms with Crippen molar-refractivity contribution in [3.8, 4) is 0 Å². The van der Waals surface area contributed by atoms with Crippen molar-refractivity contribution >= 4 is 11.7 Å². The predicted octanol–water partition coefficient (Wildman–Crippen LogP) is 1.10. The molecule has 0 saturated carbocycles. The van der Waals surface area contributed by atoms with Crippen LogP contribution in [0.1, 0.15) is 40.5 Å². The first-order valence-corrected chi connectivity index (χ1v) is 5.85. The average molecular weight is 228 g/mol. The lowest BCUT2D eigenvalue weighted by atomic mass is 10.0. The molecule has 0 aliphatic heterocycles. The van der Waals surface area contributed by atoms with Gasteiger partial charge in [-0.2, -0.15) is 0 Å². The largest absolute Gasteiger partial charge is 0.352 e. The van der Waals surface area contributed by atoms with Crippen molar-refractivity contribution in [3.05, 3.63) is 0 Å². The molecule has 2 atom stereocenters. The summed E-state index contributed by atoms with van der Waals surface area (Å²) < 4.78 is 0. The molecule has 0 aromatic rings. The summed E-state index contributed by atoms with van der Waals surface area (Å²) >= 11 is 0. The molecular weight excluding hydrogens is 204 g/mol. The normalized spacial score (nSPS) is 14.6. The topological polar surface area (TPSA) is 58.2 Å². The lowest BCUT2D eigenvalue weighted by Gasteiger charge is -2.22. The van der Waals surface area contributed by atoms with E-state index in [9.17, 15) is 9.59 Å². The number of likely N-dealkylation sites (N-methyl/N-ethyl adjacent to an activating group) is 1. The van der Waals surface area contributed by atoms with E-state index < -0.39 is 0 Å². The Morgan fingerprint density at radius 2 is 1.75 bits per heavy atom. The summed E-state index contributed by atoms with van der Waals surface area (Å²) in [5, 5.41) is 5.91. The zero-order chi connectivity index (χ0) is 12.7. The van der Waals surface area contributed by atoms with Gasteiger partial charge in [-0.1, -0.05) is 13.8 Å². The highest BCUT2D eigenvalue weighted by atomic mass is 16.2. The summed E-state index contributed by atoms with van der Waals surface area (Å²) in [5.41, 5.74) is 0. The van der Waals surface area contributed by atoms with Gasteiger partial charge < -0.3 is 15.4 Å². The van der Waals surface area contributed by atoms with Gasteiger partial charge in [0.1, 0.15) is 5.78 Å². The Labute approximate surface area is 98.2 Å². The third kappa shape index (κ3) is 5.85. The molecule has 16 heavy (non-hydrogen) atoms. The minimum atomic E-state index is -0.167. The van der Waals surface area contributed by atoms with E-state index in [0.29, 0.717) is 12.8 Å². The van der Waals surface area contributed by atoms with E-state index in [2.05, 4.69) is 10.6 Å². The molecule has 0 aromatic carbocycles. The molecule has 1 amide bonds. The highest BCUT2D eigenvalue weighted by Gasteiger charge is 2.21. The number of Topliss-reactive ketones (excluding diaryl/α,β-unsaturated/α-hetero) is 1. The summed E-state index contributed by atoms with van der Waals surface area (Å²) in [5.74, 6) is 0.425. The van der Waals surface area contributed by atoms with E-state index in [1.165, 1.54) is 0 Å². The molecule has 0 bridgehead atoms. The molecule has 0 aliphatic rings. The van der Waals surface area contributed by atoms with Crippen LogP contribution in [-0.2, 0) is 9.59 Å². The van der Waals surface area contributed by atoms with E-state index in [1.54, 1.807) is 14.0 Å². The Balaban J connectivity index is 4.06. The molecule has 2 N–H and O–H groups in total. The van der Waals surface area contributed by atoms with Gasteiger partial charge in [0.05, 0.1) is 6.04 Å². The van der Waals surface area contributed by atoms with E-state index >= 15 is 0 Å². The molecule has 0 aromatic heterocycles. The van der Waals surface area contributed by atoms with Crippen LogP contribution in [-0.4, -0.2) is 30.8 Å². The third-order valence-corrected chi connectivity index (χ3v) is 2.58. The number of hydrogen-bond donors (Lipinski definition) is 2. The number of nitrogens with one attached hydrogen (secondary N) is 2. The predicted molar refractivity (Wildman–Crippen MR) is 65.2 cm³/mol. The first-order valence-electron chi connectivity index (χ1n) is 5.85. The molecule has 4 nitrogen and oxygen atoms in total. The minimum Gasteiger partial charge on any atom is -0.352 e. The maximum Gasteiger partial charge on any atom is 0.237 e. The summed E-state index contributed by atoms with van der Waals surface area (Å²) in [6.07, 6.45) is 1.23. The Kier molecular flexibility index (Phi) is 6.97. The molecular formula is C12H24N2O2. The van der Waals surface area contributed by atoms with Crippen LogP contribution in [0, 0.1) is 5.92 Å². The molecule has 0 fully saturated rings. The Bertz CT molecular complexity index is 239. The van der Waals surface area contributed by atoms with Crippen LogP contribution in [0.25, 0.3) is 0 Å². The molecule has 0 spiro atoms. The van der Waals surface area contributed by atoms with E-state index in [0.717, 1.165) is 0 Å². The summed E-state index contributed by atoms with van der Waals surface area (Å²) in [6, 6.07) is -0.120. The first kappa shape index (κ1) is 15.1. The van der Waals surface area contributed by atoms with Gasteiger partial charge >= 0.3 is 0 Å². The van der Waals surface area contributed by atoms with Crippen molar-refractivity contribution in [1.29, 1.82) is 0 Å². The van der Waals surface area contributed by atoms with Gasteiger partial charge in [0.15, 0.2) is 0 Å². The van der Waals surface area contributed by atoms with Gasteiger partial charge in [-0.25, -0.2) is 0 Å². The van der Waals surface area contributed by atoms with Crippen LogP contribution in [0.15, 0.2) is 0 Å². The minimum absolute atomic E-state index is 0.00792. The molecule has 0 rings (SSSR count). The summed E-state index contributed by atoms with van der Waals surface area (Å²) in [7, 11) is 1.78. The molecule has 0 heterocycles. The second-order valence-corrected chi connectivity index (χ2v) is 4.66. The first-order chi connectivity index (χ1) is 7.38. The second-order valence-electron chi connectivity index (χ2n) is 4.66. The number of carbonyl (C=O) groups is 2. The van der Waals surface area contributed by atoms with Crippen LogP contribution < -0.4 is 10.6 Å². The second kappa shape index (κ2) is 7.39. The van der Waals surface area contributed by atoms with E-state index in [-0.39, 0.29) is 29.7 Å². The lowest BCUT2D eigenvalue weighted by Crippen LogP contribution is -2.48. The fraction of sp³-hybridized carbons (Fsp3) is 0.833. The van der Waals surface area contributed by atoms with Crippen molar-refractivity contribution in [3.63, 3.8) is 0 Å². The van der Waals surface area contributed by atoms with Crippen LogP contribution in [0.2, 0.25) is 0 Å². The van der Waals surface area contributed by atoms with Crippen LogP contribution in [0.3, 0.4) is 0 Å². The van der Waals surface area contributed by atoms with E-state index in [4.69, 9.17) is 0 Å².